The first-order valence-electron chi connectivity index (χ1n) is 8.05. The summed E-state index contributed by atoms with van der Waals surface area (Å²) in [6.07, 6.45) is 0. The Labute approximate surface area is 163 Å². The highest BCUT2D eigenvalue weighted by atomic mass is 35.5. The molecule has 1 heterocycles. The number of aromatic nitrogens is 2. The van der Waals surface area contributed by atoms with Gasteiger partial charge in [0.1, 0.15) is 5.82 Å². The SMILES string of the molecule is Cc1cc(NCCN(C)C)nc(N(C)C(=N)Nc2ccc(Cl)c(Cl)c2)n1. The van der Waals surface area contributed by atoms with Crippen molar-refractivity contribution in [2.24, 2.45) is 0 Å². The molecular weight excluding hydrogens is 373 g/mol. The maximum atomic E-state index is 8.26. The first-order chi connectivity index (χ1) is 12.3. The number of anilines is 3. The summed E-state index contributed by atoms with van der Waals surface area (Å²) < 4.78 is 0. The predicted molar refractivity (Wildman–Crippen MR) is 110 cm³/mol. The van der Waals surface area contributed by atoms with Crippen molar-refractivity contribution in [3.8, 4) is 0 Å². The van der Waals surface area contributed by atoms with E-state index in [4.69, 9.17) is 28.6 Å². The lowest BCUT2D eigenvalue weighted by molar-refractivity contribution is 0.425. The first-order valence-corrected chi connectivity index (χ1v) is 8.80. The van der Waals surface area contributed by atoms with Crippen molar-refractivity contribution >= 4 is 46.6 Å². The smallest absolute Gasteiger partial charge is 0.234 e. The van der Waals surface area contributed by atoms with Gasteiger partial charge in [-0.25, -0.2) is 4.98 Å². The number of hydrogen-bond donors (Lipinski definition) is 3. The van der Waals surface area contributed by atoms with Gasteiger partial charge in [0, 0.05) is 37.6 Å². The summed E-state index contributed by atoms with van der Waals surface area (Å²) in [7, 11) is 5.76. The van der Waals surface area contributed by atoms with Crippen molar-refractivity contribution in [2.75, 3.05) is 49.8 Å². The van der Waals surface area contributed by atoms with Crippen LogP contribution in [0.4, 0.5) is 17.5 Å². The largest absolute Gasteiger partial charge is 0.369 e. The fourth-order valence-corrected chi connectivity index (χ4v) is 2.39. The zero-order valence-corrected chi connectivity index (χ0v) is 16.8. The van der Waals surface area contributed by atoms with Gasteiger partial charge in [0.05, 0.1) is 10.0 Å². The van der Waals surface area contributed by atoms with Crippen LogP contribution in [0.2, 0.25) is 10.0 Å². The molecule has 1 aromatic carbocycles. The molecule has 0 spiro atoms. The summed E-state index contributed by atoms with van der Waals surface area (Å²) in [4.78, 5) is 12.5. The van der Waals surface area contributed by atoms with Crippen molar-refractivity contribution in [3.05, 3.63) is 40.0 Å². The second kappa shape index (κ2) is 9.02. The van der Waals surface area contributed by atoms with E-state index in [1.54, 1.807) is 30.1 Å². The Morgan fingerprint density at radius 2 is 1.85 bits per heavy atom. The van der Waals surface area contributed by atoms with E-state index in [0.717, 1.165) is 24.6 Å². The fourth-order valence-electron chi connectivity index (χ4n) is 2.10. The lowest BCUT2D eigenvalue weighted by Crippen LogP contribution is -2.33. The standard InChI is InChI=1S/C17H23Cl2N7/c1-11-9-15(21-7-8-25(2)3)24-17(22-11)26(4)16(20)23-12-5-6-13(18)14(19)10-12/h5-6,9-10H,7-8H2,1-4H3,(H2,20,23)(H,21,22,24). The summed E-state index contributed by atoms with van der Waals surface area (Å²) in [5.41, 5.74) is 1.48. The first kappa shape index (κ1) is 20.2. The molecule has 0 unspecified atom stereocenters. The van der Waals surface area contributed by atoms with Gasteiger partial charge < -0.3 is 15.5 Å². The van der Waals surface area contributed by atoms with Gasteiger partial charge in [0.15, 0.2) is 0 Å². The Hall–Kier alpha value is -2.09. The Morgan fingerprint density at radius 3 is 2.50 bits per heavy atom. The minimum absolute atomic E-state index is 0.119. The van der Waals surface area contributed by atoms with E-state index in [9.17, 15) is 0 Å². The normalized spacial score (nSPS) is 10.7. The number of halogens is 2. The number of nitrogens with one attached hydrogen (secondary N) is 3. The molecule has 9 heteroatoms. The van der Waals surface area contributed by atoms with Gasteiger partial charge in [0.25, 0.3) is 0 Å². The van der Waals surface area contributed by atoms with E-state index in [0.29, 0.717) is 21.7 Å². The minimum Gasteiger partial charge on any atom is -0.369 e. The zero-order valence-electron chi connectivity index (χ0n) is 15.3. The molecule has 2 rings (SSSR count). The number of rotatable bonds is 6. The topological polar surface area (TPSA) is 80.2 Å². The van der Waals surface area contributed by atoms with Crippen LogP contribution in [0.1, 0.15) is 5.69 Å². The van der Waals surface area contributed by atoms with Crippen LogP contribution in [0.5, 0.6) is 0 Å². The number of likely N-dealkylation sites (N-methyl/N-ethyl adjacent to an activating group) is 1. The van der Waals surface area contributed by atoms with Crippen molar-refractivity contribution in [1.82, 2.24) is 14.9 Å². The van der Waals surface area contributed by atoms with Gasteiger partial charge in [-0.3, -0.25) is 10.3 Å². The third-order valence-electron chi connectivity index (χ3n) is 3.53. The molecule has 1 aromatic heterocycles. The molecule has 0 saturated carbocycles. The number of aryl methyl sites for hydroxylation is 1. The second-order valence-electron chi connectivity index (χ2n) is 6.09. The van der Waals surface area contributed by atoms with E-state index in [1.807, 2.05) is 27.1 Å². The van der Waals surface area contributed by atoms with E-state index < -0.39 is 0 Å². The van der Waals surface area contributed by atoms with Crippen molar-refractivity contribution in [3.63, 3.8) is 0 Å². The van der Waals surface area contributed by atoms with E-state index in [-0.39, 0.29) is 5.96 Å². The monoisotopic (exact) mass is 395 g/mol. The highest BCUT2D eigenvalue weighted by Gasteiger charge is 2.13. The molecule has 0 aliphatic heterocycles. The van der Waals surface area contributed by atoms with Crippen LogP contribution >= 0.6 is 23.2 Å². The molecule has 0 radical (unpaired) electrons. The Morgan fingerprint density at radius 1 is 1.12 bits per heavy atom. The van der Waals surface area contributed by atoms with Crippen molar-refractivity contribution in [2.45, 2.75) is 6.92 Å². The van der Waals surface area contributed by atoms with Crippen LogP contribution in [-0.2, 0) is 0 Å². The molecule has 0 amide bonds. The van der Waals surface area contributed by atoms with Gasteiger partial charge in [-0.2, -0.15) is 4.98 Å². The fraction of sp³-hybridized carbons (Fsp3) is 0.353. The Kier molecular flexibility index (Phi) is 7.02. The molecule has 26 heavy (non-hydrogen) atoms. The molecule has 0 fully saturated rings. The average Bonchev–Trinajstić information content (AvgIpc) is 2.56. The lowest BCUT2D eigenvalue weighted by Gasteiger charge is -2.20. The van der Waals surface area contributed by atoms with Crippen molar-refractivity contribution < 1.29 is 0 Å². The van der Waals surface area contributed by atoms with E-state index in [2.05, 4.69) is 25.5 Å². The van der Waals surface area contributed by atoms with Crippen LogP contribution in [0.25, 0.3) is 0 Å². The summed E-state index contributed by atoms with van der Waals surface area (Å²) >= 11 is 11.9. The van der Waals surface area contributed by atoms with Gasteiger partial charge >= 0.3 is 0 Å². The number of guanidine groups is 1. The minimum atomic E-state index is 0.119. The Balaban J connectivity index is 2.09. The molecule has 0 bridgehead atoms. The van der Waals surface area contributed by atoms with Crippen LogP contribution in [0, 0.1) is 12.3 Å². The summed E-state index contributed by atoms with van der Waals surface area (Å²) in [6.45, 7) is 3.56. The number of hydrogen-bond acceptors (Lipinski definition) is 5. The number of benzene rings is 1. The maximum Gasteiger partial charge on any atom is 0.234 e. The highest BCUT2D eigenvalue weighted by molar-refractivity contribution is 6.42. The zero-order chi connectivity index (χ0) is 19.3. The van der Waals surface area contributed by atoms with Gasteiger partial charge in [-0.1, -0.05) is 23.2 Å². The van der Waals surface area contributed by atoms with E-state index in [1.165, 1.54) is 0 Å². The van der Waals surface area contributed by atoms with Crippen LogP contribution in [-0.4, -0.2) is 55.1 Å². The van der Waals surface area contributed by atoms with Crippen molar-refractivity contribution in [1.29, 1.82) is 5.41 Å². The predicted octanol–water partition coefficient (Wildman–Crippen LogP) is 3.55. The molecule has 3 N–H and O–H groups in total. The van der Waals surface area contributed by atoms with Gasteiger partial charge in [0.2, 0.25) is 11.9 Å². The quantitative estimate of drug-likeness (QED) is 0.512. The molecular formula is C17H23Cl2N7. The molecule has 0 atom stereocenters. The lowest BCUT2D eigenvalue weighted by atomic mass is 10.3. The van der Waals surface area contributed by atoms with Crippen LogP contribution < -0.4 is 15.5 Å². The van der Waals surface area contributed by atoms with Crippen LogP contribution in [0.3, 0.4) is 0 Å². The van der Waals surface area contributed by atoms with Crippen LogP contribution in [0.15, 0.2) is 24.3 Å². The third-order valence-corrected chi connectivity index (χ3v) is 4.26. The summed E-state index contributed by atoms with van der Waals surface area (Å²) in [5.74, 6) is 1.27. The summed E-state index contributed by atoms with van der Waals surface area (Å²) in [5, 5.41) is 15.4. The highest BCUT2D eigenvalue weighted by Crippen LogP contribution is 2.25. The van der Waals surface area contributed by atoms with Gasteiger partial charge in [-0.15, -0.1) is 0 Å². The van der Waals surface area contributed by atoms with Gasteiger partial charge in [-0.05, 0) is 39.2 Å². The van der Waals surface area contributed by atoms with E-state index >= 15 is 0 Å². The second-order valence-corrected chi connectivity index (χ2v) is 6.90. The molecule has 2 aromatic rings. The molecule has 140 valence electrons. The molecule has 7 nitrogen and oxygen atoms in total. The molecule has 0 aliphatic rings. The third kappa shape index (κ3) is 5.72. The molecule has 0 saturated heterocycles. The number of nitrogens with zero attached hydrogens (tertiary/aromatic N) is 4. The average molecular weight is 396 g/mol. The maximum absolute atomic E-state index is 8.26. The Bertz CT molecular complexity index is 780. The molecule has 0 aliphatic carbocycles. The summed E-state index contributed by atoms with van der Waals surface area (Å²) in [6, 6.07) is 6.97.